The normalized spacial score (nSPS) is 11.5. The largest absolute Gasteiger partial charge is 0.336 e. The molecule has 3 aromatic rings. The minimum atomic E-state index is 0.476. The van der Waals surface area contributed by atoms with E-state index in [0.29, 0.717) is 5.88 Å². The molecule has 0 radical (unpaired) electrons. The number of oxime groups is 1. The van der Waals surface area contributed by atoms with Crippen LogP contribution in [0.25, 0.3) is 10.6 Å². The monoisotopic (exact) mass is 324 g/mol. The first-order chi connectivity index (χ1) is 11.1. The van der Waals surface area contributed by atoms with Crippen LogP contribution in [0.4, 0.5) is 0 Å². The molecule has 0 aliphatic heterocycles. The summed E-state index contributed by atoms with van der Waals surface area (Å²) >= 11 is 1.58. The number of pyridine rings is 2. The van der Waals surface area contributed by atoms with Gasteiger partial charge in [0.05, 0.1) is 16.3 Å². The van der Waals surface area contributed by atoms with Gasteiger partial charge in [-0.3, -0.25) is 4.98 Å². The molecule has 0 fully saturated rings. The van der Waals surface area contributed by atoms with Crippen LogP contribution in [0.1, 0.15) is 23.1 Å². The third kappa shape index (κ3) is 3.60. The predicted octanol–water partition coefficient (Wildman–Crippen LogP) is 4.02. The molecular formula is C17H16N4OS. The van der Waals surface area contributed by atoms with Gasteiger partial charge >= 0.3 is 0 Å². The zero-order valence-corrected chi connectivity index (χ0v) is 14.0. The molecule has 3 aromatic heterocycles. The molecule has 23 heavy (non-hydrogen) atoms. The Bertz CT molecular complexity index is 826. The number of thiazole rings is 1. The van der Waals surface area contributed by atoms with E-state index in [1.54, 1.807) is 36.0 Å². The maximum Gasteiger partial charge on any atom is 0.248 e. The summed E-state index contributed by atoms with van der Waals surface area (Å²) in [6.45, 7) is 5.85. The van der Waals surface area contributed by atoms with E-state index in [4.69, 9.17) is 4.84 Å². The summed E-state index contributed by atoms with van der Waals surface area (Å²) in [4.78, 5) is 19.3. The Hall–Kier alpha value is -2.60. The van der Waals surface area contributed by atoms with Crippen LogP contribution in [0.2, 0.25) is 0 Å². The van der Waals surface area contributed by atoms with Gasteiger partial charge in [-0.15, -0.1) is 11.3 Å². The van der Waals surface area contributed by atoms with E-state index in [1.807, 2.05) is 39.0 Å². The number of nitrogens with zero attached hydrogens (tertiary/aromatic N) is 4. The van der Waals surface area contributed by atoms with Crippen molar-refractivity contribution in [1.29, 1.82) is 0 Å². The minimum Gasteiger partial charge on any atom is -0.336 e. The zero-order chi connectivity index (χ0) is 16.2. The Kier molecular flexibility index (Phi) is 4.43. The molecule has 0 aliphatic rings. The van der Waals surface area contributed by atoms with Crippen molar-refractivity contribution in [3.63, 3.8) is 0 Å². The lowest BCUT2D eigenvalue weighted by atomic mass is 10.3. The highest BCUT2D eigenvalue weighted by molar-refractivity contribution is 7.17. The highest BCUT2D eigenvalue weighted by Gasteiger charge is 2.12. The van der Waals surface area contributed by atoms with Gasteiger partial charge in [-0.05, 0) is 38.5 Å². The second kappa shape index (κ2) is 6.66. The van der Waals surface area contributed by atoms with Gasteiger partial charge in [0.25, 0.3) is 0 Å². The first-order valence-corrected chi connectivity index (χ1v) is 7.97. The van der Waals surface area contributed by atoms with Crippen LogP contribution in [0.15, 0.2) is 48.0 Å². The van der Waals surface area contributed by atoms with E-state index in [0.717, 1.165) is 32.4 Å². The van der Waals surface area contributed by atoms with Crippen molar-refractivity contribution in [3.05, 3.63) is 59.0 Å². The molecule has 0 amide bonds. The van der Waals surface area contributed by atoms with Gasteiger partial charge < -0.3 is 4.84 Å². The van der Waals surface area contributed by atoms with Crippen LogP contribution in [0.5, 0.6) is 5.88 Å². The summed E-state index contributed by atoms with van der Waals surface area (Å²) in [5.74, 6) is 0.476. The molecule has 5 nitrogen and oxygen atoms in total. The lowest BCUT2D eigenvalue weighted by molar-refractivity contribution is 0.327. The van der Waals surface area contributed by atoms with Crippen LogP contribution >= 0.6 is 11.3 Å². The van der Waals surface area contributed by atoms with Crippen LogP contribution in [0, 0.1) is 13.8 Å². The number of hydrogen-bond donors (Lipinski definition) is 0. The standard InChI is InChI=1S/C17H16N4OS/c1-11-6-7-15(19-9-11)22-21-13(3)16-12(2)20-17(23-16)14-5-4-8-18-10-14/h4-10H,1-3H3. The van der Waals surface area contributed by atoms with Crippen LogP contribution in [-0.4, -0.2) is 20.7 Å². The summed E-state index contributed by atoms with van der Waals surface area (Å²) in [7, 11) is 0. The van der Waals surface area contributed by atoms with Gasteiger partial charge in [-0.25, -0.2) is 9.97 Å². The predicted molar refractivity (Wildman–Crippen MR) is 91.9 cm³/mol. The molecule has 116 valence electrons. The lowest BCUT2D eigenvalue weighted by Crippen LogP contribution is -1.98. The van der Waals surface area contributed by atoms with Crippen molar-refractivity contribution >= 4 is 17.0 Å². The van der Waals surface area contributed by atoms with E-state index in [-0.39, 0.29) is 0 Å². The van der Waals surface area contributed by atoms with Gasteiger partial charge in [-0.2, -0.15) is 0 Å². The highest BCUT2D eigenvalue weighted by Crippen LogP contribution is 2.27. The molecule has 0 spiro atoms. The van der Waals surface area contributed by atoms with Crippen molar-refractivity contribution < 1.29 is 4.84 Å². The second-order valence-corrected chi connectivity index (χ2v) is 6.12. The highest BCUT2D eigenvalue weighted by atomic mass is 32.1. The SMILES string of the molecule is CC(=NOc1ccc(C)cn1)c1sc(-c2cccnc2)nc1C. The van der Waals surface area contributed by atoms with Crippen molar-refractivity contribution in [3.8, 4) is 16.5 Å². The topological polar surface area (TPSA) is 60.3 Å². The van der Waals surface area contributed by atoms with Gasteiger partial charge in [0.15, 0.2) is 0 Å². The number of hydrogen-bond acceptors (Lipinski definition) is 6. The summed E-state index contributed by atoms with van der Waals surface area (Å²) < 4.78 is 0. The first-order valence-electron chi connectivity index (χ1n) is 7.16. The first kappa shape index (κ1) is 15.3. The van der Waals surface area contributed by atoms with Crippen molar-refractivity contribution in [1.82, 2.24) is 15.0 Å². The Morgan fingerprint density at radius 3 is 2.74 bits per heavy atom. The van der Waals surface area contributed by atoms with E-state index in [2.05, 4.69) is 20.1 Å². The summed E-state index contributed by atoms with van der Waals surface area (Å²) in [6, 6.07) is 7.63. The van der Waals surface area contributed by atoms with Gasteiger partial charge in [0.1, 0.15) is 5.01 Å². The fourth-order valence-electron chi connectivity index (χ4n) is 2.01. The Morgan fingerprint density at radius 1 is 1.17 bits per heavy atom. The molecular weight excluding hydrogens is 308 g/mol. The molecule has 6 heteroatoms. The molecule has 3 rings (SSSR count). The second-order valence-electron chi connectivity index (χ2n) is 5.12. The molecule has 0 unspecified atom stereocenters. The van der Waals surface area contributed by atoms with Crippen LogP contribution in [0.3, 0.4) is 0 Å². The Morgan fingerprint density at radius 2 is 2.04 bits per heavy atom. The van der Waals surface area contributed by atoms with Gasteiger partial charge in [-0.1, -0.05) is 11.2 Å². The average molecular weight is 324 g/mol. The Balaban J connectivity index is 1.82. The summed E-state index contributed by atoms with van der Waals surface area (Å²) in [6.07, 6.45) is 5.31. The summed E-state index contributed by atoms with van der Waals surface area (Å²) in [5, 5.41) is 5.10. The van der Waals surface area contributed by atoms with Crippen molar-refractivity contribution in [2.45, 2.75) is 20.8 Å². The summed E-state index contributed by atoms with van der Waals surface area (Å²) in [5.41, 5.74) is 3.78. The fourth-order valence-corrected chi connectivity index (χ4v) is 3.00. The van der Waals surface area contributed by atoms with E-state index < -0.39 is 0 Å². The molecule has 0 bridgehead atoms. The van der Waals surface area contributed by atoms with Crippen molar-refractivity contribution in [2.24, 2.45) is 5.16 Å². The molecule has 0 saturated heterocycles. The van der Waals surface area contributed by atoms with Gasteiger partial charge in [0.2, 0.25) is 5.88 Å². The fraction of sp³-hybridized carbons (Fsp3) is 0.176. The van der Waals surface area contributed by atoms with Crippen LogP contribution in [-0.2, 0) is 0 Å². The third-order valence-electron chi connectivity index (χ3n) is 3.19. The minimum absolute atomic E-state index is 0.476. The molecule has 0 aromatic carbocycles. The van der Waals surface area contributed by atoms with Crippen LogP contribution < -0.4 is 4.84 Å². The van der Waals surface area contributed by atoms with Crippen molar-refractivity contribution in [2.75, 3.05) is 0 Å². The number of rotatable bonds is 4. The smallest absolute Gasteiger partial charge is 0.248 e. The van der Waals surface area contributed by atoms with E-state index >= 15 is 0 Å². The maximum atomic E-state index is 5.39. The molecule has 0 atom stereocenters. The van der Waals surface area contributed by atoms with E-state index in [1.165, 1.54) is 0 Å². The third-order valence-corrected chi connectivity index (χ3v) is 4.51. The lowest BCUT2D eigenvalue weighted by Gasteiger charge is -2.00. The molecule has 0 saturated carbocycles. The number of aromatic nitrogens is 3. The zero-order valence-electron chi connectivity index (χ0n) is 13.1. The maximum absolute atomic E-state index is 5.39. The van der Waals surface area contributed by atoms with Gasteiger partial charge in [0, 0.05) is 30.2 Å². The number of aryl methyl sites for hydroxylation is 2. The Labute approximate surface area is 138 Å². The average Bonchev–Trinajstić information content (AvgIpc) is 2.97. The quantitative estimate of drug-likeness (QED) is 0.537. The molecule has 3 heterocycles. The van der Waals surface area contributed by atoms with E-state index in [9.17, 15) is 0 Å². The molecule has 0 N–H and O–H groups in total. The molecule has 0 aliphatic carbocycles.